The molecular weight excluding hydrogens is 335 g/mol. The summed E-state index contributed by atoms with van der Waals surface area (Å²) in [5.41, 5.74) is 0.910. The van der Waals surface area contributed by atoms with E-state index < -0.39 is 5.82 Å². The first kappa shape index (κ1) is 16.5. The molecule has 2 N–H and O–H groups in total. The van der Waals surface area contributed by atoms with E-state index in [0.717, 1.165) is 5.69 Å². The standard InChI is InChI=1S/C16H16ClFN4O2/c1-9-5-15(22-21-9)19-14-7-10-6-12(18)13(24-4-3-23-2)8-11(10)16(17)20-14/h5-8H,3-4H2,1-2H3,(H2,19,20,21,22). The van der Waals surface area contributed by atoms with Gasteiger partial charge in [-0.1, -0.05) is 11.6 Å². The highest BCUT2D eigenvalue weighted by Crippen LogP contribution is 2.31. The molecule has 2 aromatic heterocycles. The lowest BCUT2D eigenvalue weighted by Gasteiger charge is -2.10. The fourth-order valence-corrected chi connectivity index (χ4v) is 2.49. The molecule has 8 heteroatoms. The van der Waals surface area contributed by atoms with E-state index in [1.54, 1.807) is 13.2 Å². The maximum Gasteiger partial charge on any atom is 0.165 e. The number of methoxy groups -OCH3 is 1. The summed E-state index contributed by atoms with van der Waals surface area (Å²) in [5.74, 6) is 0.733. The number of H-pyrrole nitrogens is 1. The Morgan fingerprint density at radius 3 is 2.75 bits per heavy atom. The normalized spacial score (nSPS) is 11.0. The minimum Gasteiger partial charge on any atom is -0.488 e. The summed E-state index contributed by atoms with van der Waals surface area (Å²) in [6, 6.07) is 6.44. The zero-order chi connectivity index (χ0) is 17.1. The average molecular weight is 351 g/mol. The molecule has 1 aromatic carbocycles. The first-order chi connectivity index (χ1) is 11.6. The highest BCUT2D eigenvalue weighted by Gasteiger charge is 2.11. The Morgan fingerprint density at radius 1 is 1.21 bits per heavy atom. The van der Waals surface area contributed by atoms with Gasteiger partial charge in [-0.25, -0.2) is 9.37 Å². The van der Waals surface area contributed by atoms with Crippen LogP contribution in [0.3, 0.4) is 0 Å². The van der Waals surface area contributed by atoms with Crippen LogP contribution in [0, 0.1) is 12.7 Å². The molecule has 126 valence electrons. The van der Waals surface area contributed by atoms with Crippen molar-refractivity contribution in [2.45, 2.75) is 6.92 Å². The molecule has 24 heavy (non-hydrogen) atoms. The van der Waals surface area contributed by atoms with E-state index in [2.05, 4.69) is 20.5 Å². The number of aromatic nitrogens is 3. The first-order valence-electron chi connectivity index (χ1n) is 7.27. The minimum atomic E-state index is -0.470. The van der Waals surface area contributed by atoms with Gasteiger partial charge in [0.2, 0.25) is 0 Å². The Labute approximate surface area is 142 Å². The third kappa shape index (κ3) is 3.58. The number of nitrogens with zero attached hydrogens (tertiary/aromatic N) is 2. The van der Waals surface area contributed by atoms with Gasteiger partial charge >= 0.3 is 0 Å². The number of benzene rings is 1. The van der Waals surface area contributed by atoms with E-state index in [1.165, 1.54) is 12.1 Å². The third-order valence-electron chi connectivity index (χ3n) is 3.34. The monoisotopic (exact) mass is 350 g/mol. The smallest absolute Gasteiger partial charge is 0.165 e. The second kappa shape index (κ2) is 7.02. The van der Waals surface area contributed by atoms with Crippen molar-refractivity contribution in [3.63, 3.8) is 0 Å². The molecule has 0 aliphatic heterocycles. The van der Waals surface area contributed by atoms with Gasteiger partial charge in [0.05, 0.1) is 6.61 Å². The molecule has 0 unspecified atom stereocenters. The summed E-state index contributed by atoms with van der Waals surface area (Å²) >= 11 is 6.24. The van der Waals surface area contributed by atoms with Gasteiger partial charge in [0, 0.05) is 24.3 Å². The number of rotatable bonds is 6. The predicted octanol–water partition coefficient (Wildman–Crippen LogP) is 3.83. The number of ether oxygens (including phenoxy) is 2. The largest absolute Gasteiger partial charge is 0.488 e. The number of hydrogen-bond donors (Lipinski definition) is 2. The molecule has 0 amide bonds. The zero-order valence-electron chi connectivity index (χ0n) is 13.2. The van der Waals surface area contributed by atoms with Gasteiger partial charge in [0.25, 0.3) is 0 Å². The number of pyridine rings is 1. The van der Waals surface area contributed by atoms with Crippen molar-refractivity contribution >= 4 is 34.0 Å². The van der Waals surface area contributed by atoms with Gasteiger partial charge in [-0.2, -0.15) is 5.10 Å². The third-order valence-corrected chi connectivity index (χ3v) is 3.63. The topological polar surface area (TPSA) is 72.1 Å². The molecule has 0 bridgehead atoms. The van der Waals surface area contributed by atoms with E-state index in [-0.39, 0.29) is 17.5 Å². The summed E-state index contributed by atoms with van der Waals surface area (Å²) in [7, 11) is 1.55. The van der Waals surface area contributed by atoms with Crippen LogP contribution in [-0.2, 0) is 4.74 Å². The first-order valence-corrected chi connectivity index (χ1v) is 7.65. The van der Waals surface area contributed by atoms with Gasteiger partial charge in [-0.15, -0.1) is 0 Å². The second-order valence-electron chi connectivity index (χ2n) is 5.20. The van der Waals surface area contributed by atoms with Crippen molar-refractivity contribution in [3.8, 4) is 5.75 Å². The lowest BCUT2D eigenvalue weighted by atomic mass is 10.1. The molecule has 0 spiro atoms. The lowest BCUT2D eigenvalue weighted by Crippen LogP contribution is -2.05. The summed E-state index contributed by atoms with van der Waals surface area (Å²) in [5, 5.41) is 11.4. The maximum absolute atomic E-state index is 14.2. The van der Waals surface area contributed by atoms with Gasteiger partial charge in [0.1, 0.15) is 17.6 Å². The number of hydrogen-bond acceptors (Lipinski definition) is 5. The maximum atomic E-state index is 14.2. The number of halogens is 2. The van der Waals surface area contributed by atoms with Crippen molar-refractivity contribution < 1.29 is 13.9 Å². The van der Waals surface area contributed by atoms with E-state index in [9.17, 15) is 4.39 Å². The summed E-state index contributed by atoms with van der Waals surface area (Å²) in [6.07, 6.45) is 0. The number of anilines is 2. The van der Waals surface area contributed by atoms with Crippen LogP contribution in [0.2, 0.25) is 5.15 Å². The van der Waals surface area contributed by atoms with Crippen LogP contribution in [0.4, 0.5) is 16.0 Å². The van der Waals surface area contributed by atoms with Crippen molar-refractivity contribution in [1.29, 1.82) is 0 Å². The van der Waals surface area contributed by atoms with Crippen molar-refractivity contribution in [1.82, 2.24) is 15.2 Å². The summed E-state index contributed by atoms with van der Waals surface area (Å²) < 4.78 is 24.4. The van der Waals surface area contributed by atoms with E-state index in [1.807, 2.05) is 13.0 Å². The lowest BCUT2D eigenvalue weighted by molar-refractivity contribution is 0.144. The summed E-state index contributed by atoms with van der Waals surface area (Å²) in [4.78, 5) is 4.27. The number of aryl methyl sites for hydroxylation is 1. The zero-order valence-corrected chi connectivity index (χ0v) is 13.9. The molecule has 0 aliphatic carbocycles. The highest BCUT2D eigenvalue weighted by molar-refractivity contribution is 6.34. The fourth-order valence-electron chi connectivity index (χ4n) is 2.24. The molecule has 0 fully saturated rings. The molecule has 0 saturated heterocycles. The highest BCUT2D eigenvalue weighted by atomic mass is 35.5. The molecule has 6 nitrogen and oxygen atoms in total. The molecule has 2 heterocycles. The van der Waals surface area contributed by atoms with Crippen molar-refractivity contribution in [2.75, 3.05) is 25.6 Å². The van der Waals surface area contributed by atoms with Crippen LogP contribution in [0.5, 0.6) is 5.75 Å². The van der Waals surface area contributed by atoms with E-state index in [0.29, 0.717) is 29.0 Å². The van der Waals surface area contributed by atoms with Gasteiger partial charge in [0.15, 0.2) is 17.4 Å². The molecule has 3 rings (SSSR count). The minimum absolute atomic E-state index is 0.117. The van der Waals surface area contributed by atoms with Crippen LogP contribution in [0.25, 0.3) is 10.8 Å². The van der Waals surface area contributed by atoms with Gasteiger partial charge in [-0.05, 0) is 30.5 Å². The average Bonchev–Trinajstić information content (AvgIpc) is 2.93. The number of nitrogens with one attached hydrogen (secondary N) is 2. The number of aromatic amines is 1. The quantitative estimate of drug-likeness (QED) is 0.522. The van der Waals surface area contributed by atoms with Gasteiger partial charge < -0.3 is 14.8 Å². The fraction of sp³-hybridized carbons (Fsp3) is 0.250. The Kier molecular flexibility index (Phi) is 4.82. The van der Waals surface area contributed by atoms with Crippen LogP contribution in [0.15, 0.2) is 24.3 Å². The Hall–Kier alpha value is -2.38. The second-order valence-corrected chi connectivity index (χ2v) is 5.56. The SMILES string of the molecule is COCCOc1cc2c(Cl)nc(Nc3cc(C)[nH]n3)cc2cc1F. The van der Waals surface area contributed by atoms with Crippen molar-refractivity contribution in [2.24, 2.45) is 0 Å². The Bertz CT molecular complexity index is 869. The predicted molar refractivity (Wildman–Crippen MR) is 90.7 cm³/mol. The van der Waals surface area contributed by atoms with E-state index in [4.69, 9.17) is 21.1 Å². The van der Waals surface area contributed by atoms with Crippen LogP contribution >= 0.6 is 11.6 Å². The molecule has 0 saturated carbocycles. The molecular formula is C16H16ClFN4O2. The van der Waals surface area contributed by atoms with Crippen LogP contribution in [0.1, 0.15) is 5.69 Å². The van der Waals surface area contributed by atoms with Crippen molar-refractivity contribution in [3.05, 3.63) is 40.9 Å². The van der Waals surface area contributed by atoms with E-state index >= 15 is 0 Å². The molecule has 0 atom stereocenters. The van der Waals surface area contributed by atoms with Crippen LogP contribution in [-0.4, -0.2) is 35.5 Å². The Morgan fingerprint density at radius 2 is 2.04 bits per heavy atom. The number of fused-ring (bicyclic) bond motifs is 1. The summed E-state index contributed by atoms with van der Waals surface area (Å²) in [6.45, 7) is 2.51. The van der Waals surface area contributed by atoms with Crippen LogP contribution < -0.4 is 10.1 Å². The Balaban J connectivity index is 1.91. The van der Waals surface area contributed by atoms with Gasteiger partial charge in [-0.3, -0.25) is 5.10 Å². The molecule has 0 radical (unpaired) electrons. The molecule has 3 aromatic rings. The molecule has 0 aliphatic rings.